The summed E-state index contributed by atoms with van der Waals surface area (Å²) in [6.07, 6.45) is -4.39. The van der Waals surface area contributed by atoms with E-state index in [1.807, 2.05) is 0 Å². The van der Waals surface area contributed by atoms with Gasteiger partial charge in [0.25, 0.3) is 0 Å². The van der Waals surface area contributed by atoms with E-state index in [9.17, 15) is 17.6 Å². The van der Waals surface area contributed by atoms with Gasteiger partial charge in [-0.1, -0.05) is 6.07 Å². The van der Waals surface area contributed by atoms with Crippen molar-refractivity contribution < 1.29 is 27.4 Å². The van der Waals surface area contributed by atoms with Crippen molar-refractivity contribution in [3.05, 3.63) is 35.4 Å². The van der Waals surface area contributed by atoms with Gasteiger partial charge in [-0.3, -0.25) is 4.90 Å². The van der Waals surface area contributed by atoms with Crippen molar-refractivity contribution in [3.8, 4) is 5.69 Å². The Morgan fingerprint density at radius 3 is 2.73 bits per heavy atom. The molecule has 0 saturated heterocycles. The van der Waals surface area contributed by atoms with E-state index >= 15 is 0 Å². The maximum atomic E-state index is 14.1. The van der Waals surface area contributed by atoms with Crippen molar-refractivity contribution in [2.75, 3.05) is 32.9 Å². The number of halogens is 4. The smallest absolute Gasteiger partial charge is 0.395 e. The number of aliphatic hydroxyl groups excluding tert-OH is 1. The van der Waals surface area contributed by atoms with Gasteiger partial charge in [0.15, 0.2) is 5.82 Å². The van der Waals surface area contributed by atoms with Crippen LogP contribution in [0.2, 0.25) is 0 Å². The average molecular weight is 377 g/mol. The lowest BCUT2D eigenvalue weighted by Crippen LogP contribution is -2.32. The van der Waals surface area contributed by atoms with Crippen molar-refractivity contribution in [2.45, 2.75) is 19.6 Å². The van der Waals surface area contributed by atoms with Crippen LogP contribution >= 0.6 is 0 Å². The van der Waals surface area contributed by atoms with Gasteiger partial charge < -0.3 is 9.84 Å². The molecule has 0 fully saturated rings. The fourth-order valence-corrected chi connectivity index (χ4v) is 2.27. The largest absolute Gasteiger partial charge is 0.411 e. The van der Waals surface area contributed by atoms with Crippen LogP contribution in [0.15, 0.2) is 18.2 Å². The molecule has 0 aliphatic rings. The molecular weight excluding hydrogens is 358 g/mol. The molecule has 1 N–H and O–H groups in total. The number of alkyl halides is 3. The van der Waals surface area contributed by atoms with Gasteiger partial charge in [-0.15, -0.1) is 5.10 Å². The van der Waals surface area contributed by atoms with Gasteiger partial charge in [0, 0.05) is 13.1 Å². The van der Waals surface area contributed by atoms with Crippen LogP contribution in [-0.2, 0) is 11.3 Å². The normalized spacial score (nSPS) is 12.1. The zero-order valence-corrected chi connectivity index (χ0v) is 14.1. The molecule has 2 aromatic rings. The Morgan fingerprint density at radius 1 is 1.27 bits per heavy atom. The highest BCUT2D eigenvalue weighted by Crippen LogP contribution is 2.16. The zero-order chi connectivity index (χ0) is 19.2. The van der Waals surface area contributed by atoms with E-state index < -0.39 is 18.6 Å². The van der Waals surface area contributed by atoms with Crippen molar-refractivity contribution in [3.63, 3.8) is 0 Å². The molecule has 11 heteroatoms. The van der Waals surface area contributed by atoms with Crippen LogP contribution in [-0.4, -0.2) is 69.3 Å². The van der Waals surface area contributed by atoms with Crippen molar-refractivity contribution in [1.29, 1.82) is 0 Å². The Morgan fingerprint density at radius 2 is 2.04 bits per heavy atom. The quantitative estimate of drug-likeness (QED) is 0.527. The monoisotopic (exact) mass is 377 g/mol. The lowest BCUT2D eigenvalue weighted by Gasteiger charge is -2.21. The molecule has 0 amide bonds. The summed E-state index contributed by atoms with van der Waals surface area (Å²) < 4.78 is 56.2. The molecule has 0 aliphatic carbocycles. The summed E-state index contributed by atoms with van der Waals surface area (Å²) in [5, 5.41) is 20.3. The molecule has 144 valence electrons. The summed E-state index contributed by atoms with van der Waals surface area (Å²) >= 11 is 0. The number of hydrogen-bond acceptors (Lipinski definition) is 6. The minimum Gasteiger partial charge on any atom is -0.395 e. The second-order valence-corrected chi connectivity index (χ2v) is 5.63. The molecular formula is C15H19F4N5O2. The summed E-state index contributed by atoms with van der Waals surface area (Å²) in [5.41, 5.74) is 0.984. The fourth-order valence-electron chi connectivity index (χ4n) is 2.27. The molecule has 0 bridgehead atoms. The molecule has 1 aromatic carbocycles. The van der Waals surface area contributed by atoms with Gasteiger partial charge >= 0.3 is 6.18 Å². The van der Waals surface area contributed by atoms with E-state index in [1.165, 1.54) is 10.7 Å². The second kappa shape index (κ2) is 9.01. The van der Waals surface area contributed by atoms with Crippen molar-refractivity contribution in [2.24, 2.45) is 0 Å². The lowest BCUT2D eigenvalue weighted by atomic mass is 10.2. The van der Waals surface area contributed by atoms with Crippen molar-refractivity contribution in [1.82, 2.24) is 25.1 Å². The molecule has 0 aliphatic heterocycles. The third-order valence-corrected chi connectivity index (χ3v) is 3.46. The first-order valence-corrected chi connectivity index (χ1v) is 7.81. The number of ether oxygens (including phenoxy) is 1. The molecule has 0 spiro atoms. The first-order valence-electron chi connectivity index (χ1n) is 7.81. The molecule has 2 rings (SSSR count). The highest BCUT2D eigenvalue weighted by Gasteiger charge is 2.27. The highest BCUT2D eigenvalue weighted by atomic mass is 19.4. The number of benzene rings is 1. The van der Waals surface area contributed by atoms with Crippen LogP contribution in [0.4, 0.5) is 17.6 Å². The number of rotatable bonds is 9. The van der Waals surface area contributed by atoms with Gasteiger partial charge in [-0.2, -0.15) is 17.9 Å². The Labute approximate surface area is 147 Å². The van der Waals surface area contributed by atoms with E-state index in [-0.39, 0.29) is 38.5 Å². The van der Waals surface area contributed by atoms with Gasteiger partial charge in [-0.05, 0) is 35.0 Å². The van der Waals surface area contributed by atoms with Crippen LogP contribution in [0.5, 0.6) is 0 Å². The lowest BCUT2D eigenvalue weighted by molar-refractivity contribution is -0.174. The van der Waals surface area contributed by atoms with Gasteiger partial charge in [0.2, 0.25) is 0 Å². The Bertz CT molecular complexity index is 708. The average Bonchev–Trinajstić information content (AvgIpc) is 3.01. The highest BCUT2D eigenvalue weighted by molar-refractivity contribution is 5.36. The Kier molecular flexibility index (Phi) is 7.00. The molecule has 0 radical (unpaired) electrons. The minimum atomic E-state index is -4.39. The maximum Gasteiger partial charge on any atom is 0.411 e. The van der Waals surface area contributed by atoms with E-state index in [1.54, 1.807) is 24.0 Å². The van der Waals surface area contributed by atoms with E-state index in [0.717, 1.165) is 5.56 Å². The van der Waals surface area contributed by atoms with Gasteiger partial charge in [0.05, 0.1) is 19.8 Å². The first-order chi connectivity index (χ1) is 12.3. The molecule has 1 aromatic heterocycles. The SMILES string of the molecule is Cc1ccc(F)c(-n2nnnc2CN(CCO)CCOCC(F)(F)F)c1. The van der Waals surface area contributed by atoms with E-state index in [0.29, 0.717) is 5.82 Å². The predicted molar refractivity (Wildman–Crippen MR) is 83.1 cm³/mol. The van der Waals surface area contributed by atoms with Crippen LogP contribution in [0.3, 0.4) is 0 Å². The standard InChI is InChI=1S/C15H19F4N5O2/c1-11-2-3-12(16)13(8-11)24-14(20-21-22-24)9-23(4-6-25)5-7-26-10-15(17,18)19/h2-3,8,25H,4-7,9-10H2,1H3. The number of nitrogens with zero attached hydrogens (tertiary/aromatic N) is 5. The Hall–Kier alpha value is -2.11. The third kappa shape index (κ3) is 6.00. The fraction of sp³-hybridized carbons (Fsp3) is 0.533. The van der Waals surface area contributed by atoms with Crippen LogP contribution in [0, 0.1) is 12.7 Å². The molecule has 0 unspecified atom stereocenters. The molecule has 0 saturated carbocycles. The first kappa shape index (κ1) is 20.2. The molecule has 26 heavy (non-hydrogen) atoms. The maximum absolute atomic E-state index is 14.1. The number of tetrazole rings is 1. The second-order valence-electron chi connectivity index (χ2n) is 5.63. The number of aryl methyl sites for hydroxylation is 1. The molecule has 0 atom stereocenters. The number of aromatic nitrogens is 4. The molecule has 1 heterocycles. The topological polar surface area (TPSA) is 76.3 Å². The minimum absolute atomic E-state index is 0.107. The van der Waals surface area contributed by atoms with Gasteiger partial charge in [-0.25, -0.2) is 4.39 Å². The summed E-state index contributed by atoms with van der Waals surface area (Å²) in [4.78, 5) is 1.62. The van der Waals surface area contributed by atoms with Crippen LogP contribution in [0.25, 0.3) is 5.69 Å². The van der Waals surface area contributed by atoms with Crippen molar-refractivity contribution >= 4 is 0 Å². The third-order valence-electron chi connectivity index (χ3n) is 3.46. The summed E-state index contributed by atoms with van der Waals surface area (Å²) in [5.74, 6) is -0.217. The Balaban J connectivity index is 2.05. The van der Waals surface area contributed by atoms with Crippen LogP contribution < -0.4 is 0 Å². The van der Waals surface area contributed by atoms with Crippen LogP contribution in [0.1, 0.15) is 11.4 Å². The summed E-state index contributed by atoms with van der Waals surface area (Å²) in [7, 11) is 0. The van der Waals surface area contributed by atoms with Gasteiger partial charge in [0.1, 0.15) is 18.1 Å². The number of hydrogen-bond donors (Lipinski definition) is 1. The van der Waals surface area contributed by atoms with E-state index in [2.05, 4.69) is 20.3 Å². The summed E-state index contributed by atoms with van der Waals surface area (Å²) in [6.45, 7) is 0.476. The number of aliphatic hydroxyl groups is 1. The zero-order valence-electron chi connectivity index (χ0n) is 14.1. The predicted octanol–water partition coefficient (Wildman–Crippen LogP) is 1.48. The molecule has 7 nitrogen and oxygen atoms in total. The summed E-state index contributed by atoms with van der Waals surface area (Å²) in [6, 6.07) is 4.49. The van der Waals surface area contributed by atoms with E-state index in [4.69, 9.17) is 5.11 Å².